The number of imidazole rings is 1. The molecule has 3 heteroatoms. The predicted octanol–water partition coefficient (Wildman–Crippen LogP) is 14.7. The van der Waals surface area contributed by atoms with E-state index >= 15 is 0 Å². The van der Waals surface area contributed by atoms with Crippen molar-refractivity contribution in [2.75, 3.05) is 0 Å². The molecule has 11 aromatic rings. The zero-order chi connectivity index (χ0) is 39.1. The van der Waals surface area contributed by atoms with Gasteiger partial charge >= 0.3 is 0 Å². The van der Waals surface area contributed by atoms with Crippen molar-refractivity contribution in [3.05, 3.63) is 225 Å². The summed E-state index contributed by atoms with van der Waals surface area (Å²) >= 11 is 0. The lowest BCUT2D eigenvalue weighted by atomic mass is 9.88. The van der Waals surface area contributed by atoms with E-state index in [2.05, 4.69) is 217 Å². The molecule has 0 unspecified atom stereocenters. The van der Waals surface area contributed by atoms with E-state index in [-0.39, 0.29) is 0 Å². The Hall–Kier alpha value is -7.88. The second kappa shape index (κ2) is 14.6. The van der Waals surface area contributed by atoms with E-state index in [9.17, 15) is 0 Å². The fourth-order valence-corrected chi connectivity index (χ4v) is 8.59. The van der Waals surface area contributed by atoms with E-state index in [0.717, 1.165) is 78.5 Å². The van der Waals surface area contributed by atoms with Gasteiger partial charge in [-0.15, -0.1) is 0 Å². The number of fused-ring (bicyclic) bond motifs is 4. The Kier molecular flexibility index (Phi) is 8.49. The van der Waals surface area contributed by atoms with E-state index in [1.54, 1.807) is 0 Å². The second-order valence-electron chi connectivity index (χ2n) is 15.0. The largest absolute Gasteiger partial charge is 0.299 e. The van der Waals surface area contributed by atoms with E-state index in [4.69, 9.17) is 9.97 Å². The minimum Gasteiger partial charge on any atom is -0.299 e. The summed E-state index contributed by atoms with van der Waals surface area (Å²) in [4.78, 5) is 10.5. The molecule has 59 heavy (non-hydrogen) atoms. The van der Waals surface area contributed by atoms with Crippen molar-refractivity contribution in [1.29, 1.82) is 0 Å². The van der Waals surface area contributed by atoms with Crippen LogP contribution in [0.3, 0.4) is 0 Å². The summed E-state index contributed by atoms with van der Waals surface area (Å²) in [5, 5.41) is 4.94. The van der Waals surface area contributed by atoms with Gasteiger partial charge in [-0.1, -0.05) is 170 Å². The van der Waals surface area contributed by atoms with Crippen LogP contribution in [-0.4, -0.2) is 14.4 Å². The highest BCUT2D eigenvalue weighted by atomic mass is 15.0. The molecule has 0 N–H and O–H groups in total. The normalized spacial score (nSPS) is 11.4. The second-order valence-corrected chi connectivity index (χ2v) is 15.0. The monoisotopic (exact) mass is 751 g/mol. The van der Waals surface area contributed by atoms with Crippen molar-refractivity contribution in [2.24, 2.45) is 0 Å². The smallest absolute Gasteiger partial charge is 0.137 e. The summed E-state index contributed by atoms with van der Waals surface area (Å²) in [6, 6.07) is 77.9. The van der Waals surface area contributed by atoms with Crippen LogP contribution < -0.4 is 0 Å². The molecule has 0 saturated heterocycles. The molecule has 0 aliphatic heterocycles. The van der Waals surface area contributed by atoms with Crippen LogP contribution in [0, 0.1) is 0 Å². The van der Waals surface area contributed by atoms with Crippen molar-refractivity contribution in [3.8, 4) is 78.4 Å². The van der Waals surface area contributed by atoms with Gasteiger partial charge in [0.25, 0.3) is 0 Å². The minimum atomic E-state index is 0.916. The van der Waals surface area contributed by atoms with Gasteiger partial charge in [-0.25, -0.2) is 9.97 Å². The highest BCUT2D eigenvalue weighted by Crippen LogP contribution is 2.42. The molecule has 0 bridgehead atoms. The van der Waals surface area contributed by atoms with Gasteiger partial charge in [0.1, 0.15) is 5.65 Å². The average Bonchev–Trinajstić information content (AvgIpc) is 3.72. The van der Waals surface area contributed by atoms with Crippen LogP contribution in [0.5, 0.6) is 0 Å². The Morgan fingerprint density at radius 2 is 0.864 bits per heavy atom. The molecule has 3 heterocycles. The van der Waals surface area contributed by atoms with Gasteiger partial charge in [-0.05, 0) is 97.9 Å². The maximum atomic E-state index is 5.39. The molecule has 276 valence electrons. The Morgan fingerprint density at radius 1 is 0.305 bits per heavy atom. The third-order valence-electron chi connectivity index (χ3n) is 11.4. The number of hydrogen-bond donors (Lipinski definition) is 0. The standard InChI is InChI=1S/C56H37N3/c1-4-17-38(18-5-1)52-31-30-48(54(57-52)39-19-6-2-7-20-39)45-34-44(35-46(36-45)51-37-42-23-10-11-26-47(42)49-27-12-13-28-50(49)51)41-24-16-25-43(33-41)56-55(40-21-8-3-9-22-40)58-53-29-14-15-32-59(53)56/h1-37H. The summed E-state index contributed by atoms with van der Waals surface area (Å²) < 4.78 is 2.20. The molecule has 0 aliphatic rings. The maximum absolute atomic E-state index is 5.39. The van der Waals surface area contributed by atoms with Gasteiger partial charge < -0.3 is 0 Å². The zero-order valence-electron chi connectivity index (χ0n) is 32.2. The molecule has 0 aliphatic carbocycles. The van der Waals surface area contributed by atoms with Gasteiger partial charge in [-0.3, -0.25) is 4.40 Å². The first kappa shape index (κ1) is 34.4. The van der Waals surface area contributed by atoms with Crippen molar-refractivity contribution in [1.82, 2.24) is 14.4 Å². The van der Waals surface area contributed by atoms with Crippen LogP contribution in [0.1, 0.15) is 0 Å². The quantitative estimate of drug-likeness (QED) is 0.152. The van der Waals surface area contributed by atoms with Crippen LogP contribution in [0.15, 0.2) is 225 Å². The predicted molar refractivity (Wildman–Crippen MR) is 246 cm³/mol. The summed E-state index contributed by atoms with van der Waals surface area (Å²) in [5.74, 6) is 0. The van der Waals surface area contributed by atoms with Gasteiger partial charge in [0, 0.05) is 34.0 Å². The fraction of sp³-hybridized carbons (Fsp3) is 0. The Morgan fingerprint density at radius 3 is 1.63 bits per heavy atom. The molecule has 0 spiro atoms. The first-order chi connectivity index (χ1) is 29.2. The van der Waals surface area contributed by atoms with Gasteiger partial charge in [0.15, 0.2) is 0 Å². The highest BCUT2D eigenvalue weighted by molar-refractivity contribution is 6.14. The first-order valence-corrected chi connectivity index (χ1v) is 20.1. The lowest BCUT2D eigenvalue weighted by Crippen LogP contribution is -1.94. The van der Waals surface area contributed by atoms with Crippen molar-refractivity contribution in [3.63, 3.8) is 0 Å². The Labute approximate surface area is 343 Å². The van der Waals surface area contributed by atoms with Gasteiger partial charge in [0.2, 0.25) is 0 Å². The molecule has 3 aromatic heterocycles. The number of hydrogen-bond acceptors (Lipinski definition) is 2. The molecule has 8 aromatic carbocycles. The summed E-state index contributed by atoms with van der Waals surface area (Å²) in [6.45, 7) is 0. The van der Waals surface area contributed by atoms with Gasteiger partial charge in [-0.2, -0.15) is 0 Å². The fourth-order valence-electron chi connectivity index (χ4n) is 8.59. The molecule has 0 saturated carbocycles. The minimum absolute atomic E-state index is 0.916. The summed E-state index contributed by atoms with van der Waals surface area (Å²) in [7, 11) is 0. The van der Waals surface area contributed by atoms with E-state index in [1.807, 2.05) is 12.1 Å². The van der Waals surface area contributed by atoms with E-state index in [0.29, 0.717) is 0 Å². The third-order valence-corrected chi connectivity index (χ3v) is 11.4. The number of benzene rings is 8. The van der Waals surface area contributed by atoms with Crippen molar-refractivity contribution >= 4 is 27.2 Å². The first-order valence-electron chi connectivity index (χ1n) is 20.1. The Bertz CT molecular complexity index is 3310. The van der Waals surface area contributed by atoms with Crippen LogP contribution >= 0.6 is 0 Å². The molecule has 0 fully saturated rings. The molecule has 0 radical (unpaired) electrons. The topological polar surface area (TPSA) is 30.2 Å². The molecule has 3 nitrogen and oxygen atoms in total. The van der Waals surface area contributed by atoms with E-state index < -0.39 is 0 Å². The number of pyridine rings is 2. The zero-order valence-corrected chi connectivity index (χ0v) is 32.2. The number of aromatic nitrogens is 3. The number of nitrogens with zero attached hydrogens (tertiary/aromatic N) is 3. The molecule has 0 amide bonds. The molecule has 0 atom stereocenters. The molecular formula is C56H37N3. The maximum Gasteiger partial charge on any atom is 0.137 e. The van der Waals surface area contributed by atoms with Crippen LogP contribution in [0.25, 0.3) is 106 Å². The van der Waals surface area contributed by atoms with Crippen LogP contribution in [-0.2, 0) is 0 Å². The van der Waals surface area contributed by atoms with E-state index in [1.165, 1.54) is 27.1 Å². The van der Waals surface area contributed by atoms with Crippen LogP contribution in [0.2, 0.25) is 0 Å². The lowest BCUT2D eigenvalue weighted by molar-refractivity contribution is 1.19. The average molecular weight is 752 g/mol. The van der Waals surface area contributed by atoms with Gasteiger partial charge in [0.05, 0.1) is 22.8 Å². The molecule has 11 rings (SSSR count). The van der Waals surface area contributed by atoms with Crippen molar-refractivity contribution < 1.29 is 0 Å². The molecular weight excluding hydrogens is 715 g/mol. The summed E-state index contributed by atoms with van der Waals surface area (Å²) in [5.41, 5.74) is 16.0. The number of rotatable bonds is 7. The summed E-state index contributed by atoms with van der Waals surface area (Å²) in [6.07, 6.45) is 2.11. The lowest BCUT2D eigenvalue weighted by Gasteiger charge is -2.17. The third kappa shape index (κ3) is 6.26. The highest BCUT2D eigenvalue weighted by Gasteiger charge is 2.19. The van der Waals surface area contributed by atoms with Crippen LogP contribution in [0.4, 0.5) is 0 Å². The SMILES string of the molecule is c1ccc(-c2ccc(-c3cc(-c4cccc(-c5c(-c6ccccc6)nc6ccccn56)c4)cc(-c4cc5ccccc5c5ccccc45)c3)c(-c3ccccc3)n2)cc1. The Balaban J connectivity index is 1.16. The van der Waals surface area contributed by atoms with Crippen molar-refractivity contribution in [2.45, 2.75) is 0 Å².